The summed E-state index contributed by atoms with van der Waals surface area (Å²) < 4.78 is 13.3. The largest absolute Gasteiger partial charge is 0.341 e. The minimum absolute atomic E-state index is 0.0962. The van der Waals surface area contributed by atoms with Crippen LogP contribution in [0.25, 0.3) is 0 Å². The lowest BCUT2D eigenvalue weighted by Crippen LogP contribution is -2.37. The normalized spacial score (nSPS) is 16.4. The van der Waals surface area contributed by atoms with E-state index in [9.17, 15) is 9.18 Å². The Balaban J connectivity index is 2.01. The molecule has 1 aliphatic heterocycles. The molecule has 1 aliphatic rings. The summed E-state index contributed by atoms with van der Waals surface area (Å²) in [6.07, 6.45) is 2.19. The van der Waals surface area contributed by atoms with Gasteiger partial charge in [0.2, 0.25) is 0 Å². The topological polar surface area (TPSA) is 32.3 Å². The predicted octanol–water partition coefficient (Wildman–Crippen LogP) is 2.21. The summed E-state index contributed by atoms with van der Waals surface area (Å²) in [7, 11) is 1.80. The van der Waals surface area contributed by atoms with E-state index in [1.807, 2.05) is 0 Å². The van der Waals surface area contributed by atoms with Gasteiger partial charge in [0.25, 0.3) is 5.91 Å². The van der Waals surface area contributed by atoms with Crippen molar-refractivity contribution in [3.05, 3.63) is 35.1 Å². The molecule has 0 atom stereocenters. The van der Waals surface area contributed by atoms with E-state index in [4.69, 9.17) is 0 Å². The molecular formula is C15H21FN2O. The molecule has 0 radical (unpaired) electrons. The summed E-state index contributed by atoms with van der Waals surface area (Å²) in [5, 5.41) is 3.31. The van der Waals surface area contributed by atoms with Crippen molar-refractivity contribution in [2.24, 2.45) is 5.92 Å². The van der Waals surface area contributed by atoms with Crippen molar-refractivity contribution in [1.29, 1.82) is 0 Å². The minimum atomic E-state index is -0.349. The van der Waals surface area contributed by atoms with Gasteiger partial charge in [0.15, 0.2) is 0 Å². The first-order chi connectivity index (χ1) is 9.06. The molecule has 2 rings (SSSR count). The highest BCUT2D eigenvalue weighted by molar-refractivity contribution is 5.94. The second-order valence-electron chi connectivity index (χ2n) is 5.40. The molecule has 19 heavy (non-hydrogen) atoms. The van der Waals surface area contributed by atoms with E-state index in [1.54, 1.807) is 24.9 Å². The lowest BCUT2D eigenvalue weighted by Gasteiger charge is -2.27. The molecule has 0 unspecified atom stereocenters. The molecule has 4 heteroatoms. The third-order valence-electron chi connectivity index (χ3n) is 3.63. The average molecular weight is 264 g/mol. The summed E-state index contributed by atoms with van der Waals surface area (Å²) in [6, 6.07) is 4.49. The van der Waals surface area contributed by atoms with Crippen LogP contribution in [0.2, 0.25) is 0 Å². The number of aryl methyl sites for hydroxylation is 1. The van der Waals surface area contributed by atoms with Crippen LogP contribution in [0, 0.1) is 18.7 Å². The second kappa shape index (κ2) is 6.15. The average Bonchev–Trinajstić information content (AvgIpc) is 2.37. The monoisotopic (exact) mass is 264 g/mol. The maximum Gasteiger partial charge on any atom is 0.253 e. The Morgan fingerprint density at radius 3 is 2.68 bits per heavy atom. The molecule has 1 fully saturated rings. The predicted molar refractivity (Wildman–Crippen MR) is 73.7 cm³/mol. The number of nitrogens with zero attached hydrogens (tertiary/aromatic N) is 1. The first kappa shape index (κ1) is 14.0. The minimum Gasteiger partial charge on any atom is -0.341 e. The van der Waals surface area contributed by atoms with E-state index in [2.05, 4.69) is 5.32 Å². The van der Waals surface area contributed by atoms with Crippen molar-refractivity contribution < 1.29 is 9.18 Å². The van der Waals surface area contributed by atoms with Gasteiger partial charge in [-0.25, -0.2) is 4.39 Å². The number of amides is 1. The van der Waals surface area contributed by atoms with Gasteiger partial charge >= 0.3 is 0 Å². The van der Waals surface area contributed by atoms with Crippen molar-refractivity contribution in [1.82, 2.24) is 10.2 Å². The number of halogens is 1. The van der Waals surface area contributed by atoms with E-state index >= 15 is 0 Å². The van der Waals surface area contributed by atoms with E-state index in [1.165, 1.54) is 12.1 Å². The molecule has 0 spiro atoms. The van der Waals surface area contributed by atoms with Crippen LogP contribution >= 0.6 is 0 Å². The second-order valence-corrected chi connectivity index (χ2v) is 5.40. The summed E-state index contributed by atoms with van der Waals surface area (Å²) in [6.45, 7) is 4.58. The smallest absolute Gasteiger partial charge is 0.253 e. The molecule has 0 aromatic heterocycles. The lowest BCUT2D eigenvalue weighted by atomic mass is 9.97. The van der Waals surface area contributed by atoms with Crippen LogP contribution in [0.1, 0.15) is 28.8 Å². The SMILES string of the molecule is Cc1cc(F)cc(C(=O)N(C)CC2CCNCC2)c1. The number of hydrogen-bond donors (Lipinski definition) is 1. The Morgan fingerprint density at radius 1 is 1.37 bits per heavy atom. The summed E-state index contributed by atoms with van der Waals surface area (Å²) >= 11 is 0. The number of benzene rings is 1. The maximum absolute atomic E-state index is 13.3. The molecule has 1 N–H and O–H groups in total. The molecule has 0 bridgehead atoms. The number of carbonyl (C=O) groups excluding carboxylic acids is 1. The quantitative estimate of drug-likeness (QED) is 0.907. The van der Waals surface area contributed by atoms with Crippen LogP contribution in [0.4, 0.5) is 4.39 Å². The van der Waals surface area contributed by atoms with Gasteiger partial charge in [0.1, 0.15) is 5.82 Å². The molecule has 1 amide bonds. The number of nitrogens with one attached hydrogen (secondary N) is 1. The number of hydrogen-bond acceptors (Lipinski definition) is 2. The Bertz CT molecular complexity index is 435. The van der Waals surface area contributed by atoms with Crippen LogP contribution in [0.3, 0.4) is 0 Å². The zero-order valence-electron chi connectivity index (χ0n) is 11.6. The van der Waals surface area contributed by atoms with Crippen molar-refractivity contribution in [2.75, 3.05) is 26.7 Å². The third kappa shape index (κ3) is 3.77. The summed E-state index contributed by atoms with van der Waals surface area (Å²) in [4.78, 5) is 14.0. The van der Waals surface area contributed by atoms with Gasteiger partial charge in [-0.3, -0.25) is 4.79 Å². The molecule has 1 saturated heterocycles. The van der Waals surface area contributed by atoms with Crippen LogP contribution in [0.15, 0.2) is 18.2 Å². The van der Waals surface area contributed by atoms with Crippen LogP contribution < -0.4 is 5.32 Å². The third-order valence-corrected chi connectivity index (χ3v) is 3.63. The number of carbonyl (C=O) groups is 1. The summed E-state index contributed by atoms with van der Waals surface area (Å²) in [5.74, 6) is 0.101. The van der Waals surface area contributed by atoms with Crippen molar-refractivity contribution in [3.63, 3.8) is 0 Å². The zero-order chi connectivity index (χ0) is 13.8. The lowest BCUT2D eigenvalue weighted by molar-refractivity contribution is 0.0762. The summed E-state index contributed by atoms with van der Waals surface area (Å²) in [5.41, 5.74) is 1.22. The zero-order valence-corrected chi connectivity index (χ0v) is 11.6. The van der Waals surface area contributed by atoms with Gasteiger partial charge in [0.05, 0.1) is 0 Å². The number of rotatable bonds is 3. The van der Waals surface area contributed by atoms with E-state index in [-0.39, 0.29) is 11.7 Å². The molecule has 1 heterocycles. The van der Waals surface area contributed by atoms with E-state index in [0.717, 1.165) is 38.0 Å². The van der Waals surface area contributed by atoms with Crippen LogP contribution in [0.5, 0.6) is 0 Å². The van der Waals surface area contributed by atoms with Crippen molar-refractivity contribution in [3.8, 4) is 0 Å². The molecule has 1 aromatic carbocycles. The van der Waals surface area contributed by atoms with Gasteiger partial charge in [-0.05, 0) is 62.5 Å². The van der Waals surface area contributed by atoms with Crippen molar-refractivity contribution in [2.45, 2.75) is 19.8 Å². The van der Waals surface area contributed by atoms with Gasteiger partial charge in [0, 0.05) is 19.2 Å². The van der Waals surface area contributed by atoms with Crippen molar-refractivity contribution >= 4 is 5.91 Å². The number of piperidine rings is 1. The highest BCUT2D eigenvalue weighted by Crippen LogP contribution is 2.15. The molecule has 1 aromatic rings. The fraction of sp³-hybridized carbons (Fsp3) is 0.533. The highest BCUT2D eigenvalue weighted by atomic mass is 19.1. The maximum atomic E-state index is 13.3. The Kier molecular flexibility index (Phi) is 4.53. The highest BCUT2D eigenvalue weighted by Gasteiger charge is 2.19. The molecule has 0 saturated carbocycles. The van der Waals surface area contributed by atoms with Crippen LogP contribution in [-0.4, -0.2) is 37.5 Å². The Labute approximate surface area is 113 Å². The van der Waals surface area contributed by atoms with Gasteiger partial charge in [-0.1, -0.05) is 0 Å². The fourth-order valence-corrected chi connectivity index (χ4v) is 2.61. The first-order valence-corrected chi connectivity index (χ1v) is 6.79. The van der Waals surface area contributed by atoms with Crippen LogP contribution in [-0.2, 0) is 0 Å². The van der Waals surface area contributed by atoms with Gasteiger partial charge < -0.3 is 10.2 Å². The fourth-order valence-electron chi connectivity index (χ4n) is 2.61. The first-order valence-electron chi connectivity index (χ1n) is 6.79. The molecular weight excluding hydrogens is 243 g/mol. The van der Waals surface area contributed by atoms with E-state index in [0.29, 0.717) is 11.5 Å². The van der Waals surface area contributed by atoms with Gasteiger partial charge in [-0.2, -0.15) is 0 Å². The van der Waals surface area contributed by atoms with E-state index < -0.39 is 0 Å². The Hall–Kier alpha value is -1.42. The molecule has 104 valence electrons. The molecule has 0 aliphatic carbocycles. The standard InChI is InChI=1S/C15H21FN2O/c1-11-7-13(9-14(16)8-11)15(19)18(2)10-12-3-5-17-6-4-12/h7-9,12,17H,3-6,10H2,1-2H3. The Morgan fingerprint density at radius 2 is 2.05 bits per heavy atom. The molecule has 3 nitrogen and oxygen atoms in total. The van der Waals surface area contributed by atoms with Gasteiger partial charge in [-0.15, -0.1) is 0 Å².